The molecule has 1 aliphatic heterocycles. The van der Waals surface area contributed by atoms with E-state index in [0.29, 0.717) is 18.9 Å². The molecule has 0 bridgehead atoms. The van der Waals surface area contributed by atoms with Crippen LogP contribution < -0.4 is 0 Å². The average molecular weight is 165 g/mol. The third kappa shape index (κ3) is 2.27. The van der Waals surface area contributed by atoms with Gasteiger partial charge in [0.25, 0.3) is 0 Å². The van der Waals surface area contributed by atoms with Crippen molar-refractivity contribution in [2.45, 2.75) is 26.2 Å². The van der Waals surface area contributed by atoms with Gasteiger partial charge in [-0.15, -0.1) is 6.42 Å². The molecule has 1 atom stereocenters. The van der Waals surface area contributed by atoms with Gasteiger partial charge in [0.2, 0.25) is 5.91 Å². The SMILES string of the molecule is C#CCN1CCC(C)CCC1=O. The van der Waals surface area contributed by atoms with Crippen LogP contribution in [0.25, 0.3) is 0 Å². The fourth-order valence-corrected chi connectivity index (χ4v) is 1.45. The fourth-order valence-electron chi connectivity index (χ4n) is 1.45. The van der Waals surface area contributed by atoms with Crippen LogP contribution >= 0.6 is 0 Å². The average Bonchev–Trinajstić information content (AvgIpc) is 2.20. The van der Waals surface area contributed by atoms with Crippen LogP contribution in [-0.4, -0.2) is 23.9 Å². The van der Waals surface area contributed by atoms with Gasteiger partial charge in [-0.2, -0.15) is 0 Å². The zero-order chi connectivity index (χ0) is 8.97. The first-order chi connectivity index (χ1) is 5.74. The van der Waals surface area contributed by atoms with Crippen molar-refractivity contribution in [2.24, 2.45) is 5.92 Å². The number of nitrogens with zero attached hydrogens (tertiary/aromatic N) is 1. The lowest BCUT2D eigenvalue weighted by molar-refractivity contribution is -0.130. The minimum atomic E-state index is 0.220. The molecule has 66 valence electrons. The first kappa shape index (κ1) is 9.12. The number of amides is 1. The van der Waals surface area contributed by atoms with Crippen molar-refractivity contribution in [1.82, 2.24) is 4.90 Å². The molecule has 1 saturated heterocycles. The summed E-state index contributed by atoms with van der Waals surface area (Å²) in [5, 5.41) is 0. The van der Waals surface area contributed by atoms with Gasteiger partial charge in [0, 0.05) is 13.0 Å². The zero-order valence-corrected chi connectivity index (χ0v) is 7.55. The molecule has 1 unspecified atom stereocenters. The second kappa shape index (κ2) is 4.15. The van der Waals surface area contributed by atoms with Crippen molar-refractivity contribution in [1.29, 1.82) is 0 Å². The molecule has 12 heavy (non-hydrogen) atoms. The van der Waals surface area contributed by atoms with E-state index in [0.717, 1.165) is 19.4 Å². The Balaban J connectivity index is 2.51. The quantitative estimate of drug-likeness (QED) is 0.536. The van der Waals surface area contributed by atoms with Gasteiger partial charge in [0.15, 0.2) is 0 Å². The molecule has 0 aromatic heterocycles. The predicted octanol–water partition coefficient (Wildman–Crippen LogP) is 1.27. The lowest BCUT2D eigenvalue weighted by Crippen LogP contribution is -2.30. The van der Waals surface area contributed by atoms with E-state index in [9.17, 15) is 4.79 Å². The summed E-state index contributed by atoms with van der Waals surface area (Å²) in [5.74, 6) is 3.40. The standard InChI is InChI=1S/C10H15NO/c1-3-7-11-8-6-9(2)4-5-10(11)12/h1,9H,4-8H2,2H3. The van der Waals surface area contributed by atoms with Crippen LogP contribution in [0.4, 0.5) is 0 Å². The maximum absolute atomic E-state index is 11.4. The van der Waals surface area contributed by atoms with Gasteiger partial charge in [-0.25, -0.2) is 0 Å². The van der Waals surface area contributed by atoms with Crippen LogP contribution in [0.15, 0.2) is 0 Å². The molecule has 0 aliphatic carbocycles. The number of terminal acetylenes is 1. The number of hydrogen-bond donors (Lipinski definition) is 0. The highest BCUT2D eigenvalue weighted by Gasteiger charge is 2.18. The summed E-state index contributed by atoms with van der Waals surface area (Å²) >= 11 is 0. The molecule has 0 aromatic rings. The number of carbonyl (C=O) groups is 1. The lowest BCUT2D eigenvalue weighted by Gasteiger charge is -2.16. The summed E-state index contributed by atoms with van der Waals surface area (Å²) in [6.07, 6.45) is 7.94. The molecule has 0 N–H and O–H groups in total. The van der Waals surface area contributed by atoms with E-state index in [1.54, 1.807) is 4.90 Å². The third-order valence-electron chi connectivity index (χ3n) is 2.38. The summed E-state index contributed by atoms with van der Waals surface area (Å²) in [6.45, 7) is 3.50. The van der Waals surface area contributed by atoms with Crippen molar-refractivity contribution in [3.8, 4) is 12.3 Å². The van der Waals surface area contributed by atoms with Crippen LogP contribution in [0.1, 0.15) is 26.2 Å². The van der Waals surface area contributed by atoms with Gasteiger partial charge in [-0.05, 0) is 18.8 Å². The van der Waals surface area contributed by atoms with Gasteiger partial charge in [-0.1, -0.05) is 12.8 Å². The van der Waals surface area contributed by atoms with E-state index < -0.39 is 0 Å². The summed E-state index contributed by atoms with van der Waals surface area (Å²) < 4.78 is 0. The van der Waals surface area contributed by atoms with Crippen LogP contribution in [0, 0.1) is 18.3 Å². The second-order valence-corrected chi connectivity index (χ2v) is 3.45. The van der Waals surface area contributed by atoms with Crippen LogP contribution in [-0.2, 0) is 4.79 Å². The maximum atomic E-state index is 11.4. The smallest absolute Gasteiger partial charge is 0.223 e. The molecule has 2 nitrogen and oxygen atoms in total. The molecule has 1 aliphatic rings. The third-order valence-corrected chi connectivity index (χ3v) is 2.38. The van der Waals surface area contributed by atoms with E-state index in [1.807, 2.05) is 0 Å². The highest BCUT2D eigenvalue weighted by atomic mass is 16.2. The van der Waals surface area contributed by atoms with Crippen molar-refractivity contribution in [3.05, 3.63) is 0 Å². The normalized spacial score (nSPS) is 24.8. The van der Waals surface area contributed by atoms with Crippen molar-refractivity contribution in [2.75, 3.05) is 13.1 Å². The highest BCUT2D eigenvalue weighted by molar-refractivity contribution is 5.76. The summed E-state index contributed by atoms with van der Waals surface area (Å²) in [6, 6.07) is 0. The van der Waals surface area contributed by atoms with E-state index in [4.69, 9.17) is 6.42 Å². The minimum absolute atomic E-state index is 0.220. The fraction of sp³-hybridized carbons (Fsp3) is 0.700. The Labute approximate surface area is 73.9 Å². The van der Waals surface area contributed by atoms with E-state index in [1.165, 1.54) is 0 Å². The van der Waals surface area contributed by atoms with Crippen molar-refractivity contribution >= 4 is 5.91 Å². The van der Waals surface area contributed by atoms with Gasteiger partial charge in [-0.3, -0.25) is 4.79 Å². The van der Waals surface area contributed by atoms with E-state index in [-0.39, 0.29) is 5.91 Å². The lowest BCUT2D eigenvalue weighted by atomic mass is 10.0. The predicted molar refractivity (Wildman–Crippen MR) is 48.4 cm³/mol. The minimum Gasteiger partial charge on any atom is -0.332 e. The molecule has 0 saturated carbocycles. The maximum Gasteiger partial charge on any atom is 0.223 e. The molecular weight excluding hydrogens is 150 g/mol. The van der Waals surface area contributed by atoms with Crippen molar-refractivity contribution < 1.29 is 4.79 Å². The second-order valence-electron chi connectivity index (χ2n) is 3.45. The largest absolute Gasteiger partial charge is 0.332 e. The summed E-state index contributed by atoms with van der Waals surface area (Å²) in [5.41, 5.74) is 0. The highest BCUT2D eigenvalue weighted by Crippen LogP contribution is 2.16. The Bertz CT molecular complexity index is 204. The number of carbonyl (C=O) groups excluding carboxylic acids is 1. The van der Waals surface area contributed by atoms with Crippen LogP contribution in [0.3, 0.4) is 0 Å². The Kier molecular flexibility index (Phi) is 3.16. The van der Waals surface area contributed by atoms with Gasteiger partial charge in [0.05, 0.1) is 6.54 Å². The summed E-state index contributed by atoms with van der Waals surface area (Å²) in [4.78, 5) is 13.2. The molecule has 1 fully saturated rings. The molecule has 1 heterocycles. The first-order valence-electron chi connectivity index (χ1n) is 4.45. The Hall–Kier alpha value is -0.970. The molecule has 0 spiro atoms. The number of likely N-dealkylation sites (tertiary alicyclic amines) is 1. The van der Waals surface area contributed by atoms with Gasteiger partial charge >= 0.3 is 0 Å². The monoisotopic (exact) mass is 165 g/mol. The molecule has 1 rings (SSSR count). The topological polar surface area (TPSA) is 20.3 Å². The molecule has 2 heteroatoms. The Morgan fingerprint density at radius 2 is 2.42 bits per heavy atom. The number of hydrogen-bond acceptors (Lipinski definition) is 1. The van der Waals surface area contributed by atoms with E-state index in [2.05, 4.69) is 12.8 Å². The van der Waals surface area contributed by atoms with E-state index >= 15 is 0 Å². The molecule has 1 amide bonds. The van der Waals surface area contributed by atoms with Crippen LogP contribution in [0.5, 0.6) is 0 Å². The van der Waals surface area contributed by atoms with Gasteiger partial charge < -0.3 is 4.90 Å². The molecule has 0 aromatic carbocycles. The Morgan fingerprint density at radius 1 is 1.67 bits per heavy atom. The first-order valence-corrected chi connectivity index (χ1v) is 4.45. The van der Waals surface area contributed by atoms with Crippen LogP contribution in [0.2, 0.25) is 0 Å². The Morgan fingerprint density at radius 3 is 3.08 bits per heavy atom. The molecular formula is C10H15NO. The molecule has 0 radical (unpaired) electrons. The van der Waals surface area contributed by atoms with Gasteiger partial charge in [0.1, 0.15) is 0 Å². The van der Waals surface area contributed by atoms with Crippen molar-refractivity contribution in [3.63, 3.8) is 0 Å². The number of rotatable bonds is 1. The zero-order valence-electron chi connectivity index (χ0n) is 7.55. The summed E-state index contributed by atoms with van der Waals surface area (Å²) in [7, 11) is 0.